The predicted molar refractivity (Wildman–Crippen MR) is 88.2 cm³/mol. The molecule has 1 aliphatic carbocycles. The zero-order valence-electron chi connectivity index (χ0n) is 13.9. The van der Waals surface area contributed by atoms with E-state index in [9.17, 15) is 13.6 Å². The van der Waals surface area contributed by atoms with E-state index < -0.39 is 6.61 Å². The van der Waals surface area contributed by atoms with Gasteiger partial charge in [0.15, 0.2) is 11.5 Å². The van der Waals surface area contributed by atoms with E-state index in [1.807, 2.05) is 0 Å². The van der Waals surface area contributed by atoms with Crippen LogP contribution in [0.15, 0.2) is 24.3 Å². The van der Waals surface area contributed by atoms with Gasteiger partial charge in [0.2, 0.25) is 5.91 Å². The molecule has 1 fully saturated rings. The SMILES string of the molecule is COc1cccc(/C=C/C(=O)NC2CCC(C)CC2)c1OC(F)F. The van der Waals surface area contributed by atoms with Gasteiger partial charge >= 0.3 is 6.61 Å². The van der Waals surface area contributed by atoms with Crippen molar-refractivity contribution < 1.29 is 23.0 Å². The molecule has 4 nitrogen and oxygen atoms in total. The van der Waals surface area contributed by atoms with Crippen LogP contribution in [0.1, 0.15) is 38.2 Å². The Hall–Kier alpha value is -2.11. The van der Waals surface area contributed by atoms with Gasteiger partial charge in [-0.05, 0) is 43.7 Å². The average Bonchev–Trinajstić information content (AvgIpc) is 2.55. The average molecular weight is 339 g/mol. The highest BCUT2D eigenvalue weighted by molar-refractivity contribution is 5.92. The Labute approximate surface area is 140 Å². The Kier molecular flexibility index (Phi) is 6.58. The van der Waals surface area contributed by atoms with Crippen LogP contribution in [-0.4, -0.2) is 25.7 Å². The zero-order valence-corrected chi connectivity index (χ0v) is 13.9. The smallest absolute Gasteiger partial charge is 0.387 e. The Bertz CT molecular complexity index is 582. The van der Waals surface area contributed by atoms with Crippen molar-refractivity contribution in [3.8, 4) is 11.5 Å². The van der Waals surface area contributed by atoms with Crippen LogP contribution in [0.5, 0.6) is 11.5 Å². The lowest BCUT2D eigenvalue weighted by atomic mass is 9.87. The maximum Gasteiger partial charge on any atom is 0.387 e. The summed E-state index contributed by atoms with van der Waals surface area (Å²) in [6.45, 7) is -0.753. The van der Waals surface area contributed by atoms with Gasteiger partial charge < -0.3 is 14.8 Å². The highest BCUT2D eigenvalue weighted by atomic mass is 19.3. The lowest BCUT2D eigenvalue weighted by Gasteiger charge is -2.26. The third-order valence-corrected chi connectivity index (χ3v) is 4.21. The molecule has 0 heterocycles. The van der Waals surface area contributed by atoms with E-state index >= 15 is 0 Å². The number of hydrogen-bond acceptors (Lipinski definition) is 3. The lowest BCUT2D eigenvalue weighted by molar-refractivity contribution is -0.117. The molecule has 1 N–H and O–H groups in total. The maximum absolute atomic E-state index is 12.6. The number of nitrogens with one attached hydrogen (secondary N) is 1. The van der Waals surface area contributed by atoms with Crippen molar-refractivity contribution in [2.75, 3.05) is 7.11 Å². The molecule has 0 spiro atoms. The summed E-state index contributed by atoms with van der Waals surface area (Å²) < 4.78 is 34.7. The fourth-order valence-corrected chi connectivity index (χ4v) is 2.86. The second kappa shape index (κ2) is 8.66. The van der Waals surface area contributed by atoms with Crippen LogP contribution in [0.2, 0.25) is 0 Å². The molecule has 0 aromatic heterocycles. The first-order valence-corrected chi connectivity index (χ1v) is 8.10. The van der Waals surface area contributed by atoms with Crippen molar-refractivity contribution in [3.63, 3.8) is 0 Å². The molecule has 0 radical (unpaired) electrons. The van der Waals surface area contributed by atoms with Crippen molar-refractivity contribution in [1.82, 2.24) is 5.32 Å². The molecular weight excluding hydrogens is 316 g/mol. The number of carbonyl (C=O) groups excluding carboxylic acids is 1. The molecule has 1 aliphatic rings. The topological polar surface area (TPSA) is 47.6 Å². The van der Waals surface area contributed by atoms with E-state index in [1.165, 1.54) is 25.3 Å². The van der Waals surface area contributed by atoms with Gasteiger partial charge in [0.1, 0.15) is 0 Å². The number of amides is 1. The fourth-order valence-electron chi connectivity index (χ4n) is 2.86. The molecule has 0 saturated heterocycles. The van der Waals surface area contributed by atoms with Gasteiger partial charge in [0.25, 0.3) is 0 Å². The van der Waals surface area contributed by atoms with Gasteiger partial charge in [-0.2, -0.15) is 8.78 Å². The van der Waals surface area contributed by atoms with Crippen LogP contribution in [0.3, 0.4) is 0 Å². The molecule has 0 unspecified atom stereocenters. The first-order valence-electron chi connectivity index (χ1n) is 8.10. The van der Waals surface area contributed by atoms with E-state index in [0.29, 0.717) is 11.5 Å². The van der Waals surface area contributed by atoms with Crippen LogP contribution in [0, 0.1) is 5.92 Å². The summed E-state index contributed by atoms with van der Waals surface area (Å²) in [5.74, 6) is 0.588. The van der Waals surface area contributed by atoms with Gasteiger partial charge in [-0.15, -0.1) is 0 Å². The summed E-state index contributed by atoms with van der Waals surface area (Å²) in [7, 11) is 1.37. The van der Waals surface area contributed by atoms with Crippen molar-refractivity contribution >= 4 is 12.0 Å². The first-order chi connectivity index (χ1) is 11.5. The Morgan fingerprint density at radius 2 is 2.00 bits per heavy atom. The van der Waals surface area contributed by atoms with Crippen molar-refractivity contribution in [2.45, 2.75) is 45.3 Å². The number of halogens is 2. The van der Waals surface area contributed by atoms with Crippen molar-refractivity contribution in [2.24, 2.45) is 5.92 Å². The van der Waals surface area contributed by atoms with Crippen LogP contribution < -0.4 is 14.8 Å². The summed E-state index contributed by atoms with van der Waals surface area (Å²) >= 11 is 0. The summed E-state index contributed by atoms with van der Waals surface area (Å²) in [5.41, 5.74) is 0.363. The van der Waals surface area contributed by atoms with Gasteiger partial charge in [-0.25, -0.2) is 0 Å². The molecule has 6 heteroatoms. The van der Waals surface area contributed by atoms with Crippen LogP contribution in [0.4, 0.5) is 8.78 Å². The fraction of sp³-hybridized carbons (Fsp3) is 0.500. The molecule has 132 valence electrons. The third kappa shape index (κ3) is 5.22. The lowest BCUT2D eigenvalue weighted by Crippen LogP contribution is -2.36. The Morgan fingerprint density at radius 1 is 1.29 bits per heavy atom. The Morgan fingerprint density at radius 3 is 2.62 bits per heavy atom. The summed E-state index contributed by atoms with van der Waals surface area (Å²) in [5, 5.41) is 2.95. The van der Waals surface area contributed by atoms with E-state index in [1.54, 1.807) is 12.1 Å². The quantitative estimate of drug-likeness (QED) is 0.797. The normalized spacial score (nSPS) is 21.0. The molecule has 1 saturated carbocycles. The molecule has 24 heavy (non-hydrogen) atoms. The third-order valence-electron chi connectivity index (χ3n) is 4.21. The van der Waals surface area contributed by atoms with Crippen LogP contribution >= 0.6 is 0 Å². The minimum atomic E-state index is -2.97. The molecular formula is C18H23F2NO3. The van der Waals surface area contributed by atoms with E-state index in [4.69, 9.17) is 4.74 Å². The molecule has 1 aromatic rings. The predicted octanol–water partition coefficient (Wildman–Crippen LogP) is 4.00. The number of methoxy groups -OCH3 is 1. The van der Waals surface area contributed by atoms with E-state index in [0.717, 1.165) is 25.7 Å². The largest absolute Gasteiger partial charge is 0.493 e. The number of rotatable bonds is 6. The molecule has 0 bridgehead atoms. The summed E-state index contributed by atoms with van der Waals surface area (Å²) in [4.78, 5) is 12.0. The van der Waals surface area contributed by atoms with Gasteiger partial charge in [-0.1, -0.05) is 19.1 Å². The van der Waals surface area contributed by atoms with Crippen LogP contribution in [-0.2, 0) is 4.79 Å². The Balaban J connectivity index is 2.03. The molecule has 0 atom stereocenters. The van der Waals surface area contributed by atoms with Crippen molar-refractivity contribution in [3.05, 3.63) is 29.8 Å². The van der Waals surface area contributed by atoms with Gasteiger partial charge in [0, 0.05) is 17.7 Å². The maximum atomic E-state index is 12.6. The second-order valence-corrected chi connectivity index (χ2v) is 6.06. The number of ether oxygens (including phenoxy) is 2. The second-order valence-electron chi connectivity index (χ2n) is 6.06. The highest BCUT2D eigenvalue weighted by Gasteiger charge is 2.19. The molecule has 1 aromatic carbocycles. The first kappa shape index (κ1) is 18.2. The van der Waals surface area contributed by atoms with E-state index in [-0.39, 0.29) is 23.4 Å². The number of para-hydroxylation sites is 1. The number of hydrogen-bond donors (Lipinski definition) is 1. The van der Waals surface area contributed by atoms with Crippen molar-refractivity contribution in [1.29, 1.82) is 0 Å². The van der Waals surface area contributed by atoms with Gasteiger partial charge in [-0.3, -0.25) is 4.79 Å². The number of carbonyl (C=O) groups is 1. The molecule has 0 aliphatic heterocycles. The minimum Gasteiger partial charge on any atom is -0.493 e. The number of benzene rings is 1. The van der Waals surface area contributed by atoms with E-state index in [2.05, 4.69) is 17.0 Å². The molecule has 1 amide bonds. The monoisotopic (exact) mass is 339 g/mol. The standard InChI is InChI=1S/C18H23F2NO3/c1-12-6-9-14(10-7-12)21-16(22)11-8-13-4-3-5-15(23-2)17(13)24-18(19)20/h3-5,8,11-12,14,18H,6-7,9-10H2,1-2H3,(H,21,22)/b11-8+. The zero-order chi connectivity index (χ0) is 17.5. The molecule has 2 rings (SSSR count). The van der Waals surface area contributed by atoms with Gasteiger partial charge in [0.05, 0.1) is 7.11 Å². The summed E-state index contributed by atoms with van der Waals surface area (Å²) in [6.07, 6.45) is 6.96. The minimum absolute atomic E-state index is 0.0782. The van der Waals surface area contributed by atoms with Crippen LogP contribution in [0.25, 0.3) is 6.08 Å². The number of alkyl halides is 2. The highest BCUT2D eigenvalue weighted by Crippen LogP contribution is 2.33. The summed E-state index contributed by atoms with van der Waals surface area (Å²) in [6, 6.07) is 4.95.